The summed E-state index contributed by atoms with van der Waals surface area (Å²) in [6, 6.07) is 17.9. The van der Waals surface area contributed by atoms with E-state index in [0.717, 1.165) is 11.1 Å². The van der Waals surface area contributed by atoms with Crippen LogP contribution in [-0.4, -0.2) is 31.9 Å². The van der Waals surface area contributed by atoms with Gasteiger partial charge in [0, 0.05) is 13.0 Å². The third kappa shape index (κ3) is 3.38. The van der Waals surface area contributed by atoms with Crippen LogP contribution in [0.3, 0.4) is 0 Å². The summed E-state index contributed by atoms with van der Waals surface area (Å²) >= 11 is 0. The first-order valence-corrected chi connectivity index (χ1v) is 9.19. The van der Waals surface area contributed by atoms with E-state index in [1.165, 1.54) is 4.90 Å². The summed E-state index contributed by atoms with van der Waals surface area (Å²) in [7, 11) is 0. The zero-order valence-electron chi connectivity index (χ0n) is 15.5. The number of hydrogen-bond acceptors (Lipinski definition) is 5. The van der Waals surface area contributed by atoms with Crippen molar-refractivity contribution >= 4 is 11.9 Å². The summed E-state index contributed by atoms with van der Waals surface area (Å²) in [5, 5.41) is 3.84. The highest BCUT2D eigenvalue weighted by Crippen LogP contribution is 2.33. The number of aromatic nitrogens is 2. The van der Waals surface area contributed by atoms with E-state index in [1.807, 2.05) is 67.6 Å². The van der Waals surface area contributed by atoms with Crippen molar-refractivity contribution in [1.29, 1.82) is 0 Å². The largest absolute Gasteiger partial charge is 0.337 e. The van der Waals surface area contributed by atoms with E-state index < -0.39 is 6.04 Å². The predicted octanol–water partition coefficient (Wildman–Crippen LogP) is 3.34. The summed E-state index contributed by atoms with van der Waals surface area (Å²) in [6.45, 7) is 2.22. The zero-order chi connectivity index (χ0) is 19.5. The molecule has 1 fully saturated rings. The van der Waals surface area contributed by atoms with Gasteiger partial charge in [0.1, 0.15) is 12.6 Å². The lowest BCUT2D eigenvalue weighted by Crippen LogP contribution is -2.32. The number of carbonyl (C=O) groups is 2. The van der Waals surface area contributed by atoms with Crippen molar-refractivity contribution < 1.29 is 14.1 Å². The van der Waals surface area contributed by atoms with Crippen molar-refractivity contribution in [1.82, 2.24) is 19.9 Å². The van der Waals surface area contributed by atoms with Crippen LogP contribution in [0.15, 0.2) is 65.2 Å². The van der Waals surface area contributed by atoms with Crippen LogP contribution in [0.5, 0.6) is 0 Å². The quantitative estimate of drug-likeness (QED) is 0.617. The molecule has 0 N–H and O–H groups in total. The maximum atomic E-state index is 13.2. The van der Waals surface area contributed by atoms with Crippen LogP contribution in [0.2, 0.25) is 0 Å². The molecule has 1 saturated heterocycles. The van der Waals surface area contributed by atoms with Gasteiger partial charge in [-0.3, -0.25) is 9.69 Å². The molecular weight excluding hydrogens is 356 g/mol. The van der Waals surface area contributed by atoms with E-state index in [1.54, 1.807) is 4.90 Å². The molecule has 4 rings (SSSR count). The van der Waals surface area contributed by atoms with Gasteiger partial charge < -0.3 is 9.42 Å². The van der Waals surface area contributed by atoms with Gasteiger partial charge in [0.2, 0.25) is 5.89 Å². The number of rotatable bonds is 6. The molecule has 3 aromatic rings. The Morgan fingerprint density at radius 1 is 0.964 bits per heavy atom. The first kappa shape index (κ1) is 17.9. The van der Waals surface area contributed by atoms with E-state index in [4.69, 9.17) is 4.52 Å². The second kappa shape index (κ2) is 7.64. The second-order valence-electron chi connectivity index (χ2n) is 6.59. The van der Waals surface area contributed by atoms with E-state index in [0.29, 0.717) is 18.8 Å². The Kier molecular flexibility index (Phi) is 4.89. The minimum atomic E-state index is -0.678. The van der Waals surface area contributed by atoms with Crippen molar-refractivity contribution in [3.63, 3.8) is 0 Å². The van der Waals surface area contributed by atoms with E-state index in [2.05, 4.69) is 10.1 Å². The normalized spacial score (nSPS) is 16.8. The summed E-state index contributed by atoms with van der Waals surface area (Å²) in [5.74, 6) is 0.519. The average Bonchev–Trinajstić information content (AvgIpc) is 3.28. The maximum absolute atomic E-state index is 13.2. The molecule has 0 spiro atoms. The fourth-order valence-corrected chi connectivity index (χ4v) is 3.32. The molecule has 2 heterocycles. The molecule has 0 radical (unpaired) electrons. The first-order chi connectivity index (χ1) is 13.7. The molecule has 7 nitrogen and oxygen atoms in total. The van der Waals surface area contributed by atoms with Crippen LogP contribution in [0.4, 0.5) is 4.79 Å². The maximum Gasteiger partial charge on any atom is 0.328 e. The molecule has 0 unspecified atom stereocenters. The molecule has 0 saturated carbocycles. The Bertz CT molecular complexity index is 972. The highest BCUT2D eigenvalue weighted by Gasteiger charge is 2.46. The lowest BCUT2D eigenvalue weighted by molar-refractivity contribution is -0.129. The Morgan fingerprint density at radius 3 is 2.29 bits per heavy atom. The Balaban J connectivity index is 1.65. The second-order valence-corrected chi connectivity index (χ2v) is 6.59. The number of imide groups is 1. The van der Waals surface area contributed by atoms with Crippen LogP contribution in [0, 0.1) is 0 Å². The number of nitrogens with zero attached hydrogens (tertiary/aromatic N) is 4. The summed E-state index contributed by atoms with van der Waals surface area (Å²) in [6.07, 6.45) is 0.623. The molecule has 7 heteroatoms. The Labute approximate surface area is 162 Å². The van der Waals surface area contributed by atoms with E-state index >= 15 is 0 Å². The van der Waals surface area contributed by atoms with Gasteiger partial charge in [-0.15, -0.1) is 0 Å². The Morgan fingerprint density at radius 2 is 1.64 bits per heavy atom. The molecule has 0 bridgehead atoms. The fourth-order valence-electron chi connectivity index (χ4n) is 3.32. The summed E-state index contributed by atoms with van der Waals surface area (Å²) in [5.41, 5.74) is 1.73. The molecule has 28 heavy (non-hydrogen) atoms. The fraction of sp³-hybridized carbons (Fsp3) is 0.238. The van der Waals surface area contributed by atoms with E-state index in [-0.39, 0.29) is 24.4 Å². The van der Waals surface area contributed by atoms with Gasteiger partial charge in [-0.05, 0) is 11.1 Å². The minimum absolute atomic E-state index is 0.0285. The van der Waals surface area contributed by atoms with Crippen LogP contribution in [0.25, 0.3) is 0 Å². The van der Waals surface area contributed by atoms with Gasteiger partial charge in [0.05, 0.1) is 0 Å². The predicted molar refractivity (Wildman–Crippen MR) is 101 cm³/mol. The molecule has 3 amide bonds. The van der Waals surface area contributed by atoms with Crippen molar-refractivity contribution in [2.45, 2.75) is 32.5 Å². The highest BCUT2D eigenvalue weighted by molar-refractivity contribution is 6.04. The molecule has 1 aliphatic heterocycles. The smallest absolute Gasteiger partial charge is 0.328 e. The topological polar surface area (TPSA) is 79.5 Å². The van der Waals surface area contributed by atoms with Gasteiger partial charge >= 0.3 is 6.03 Å². The number of carbonyl (C=O) groups excluding carboxylic acids is 2. The molecule has 1 atom stereocenters. The van der Waals surface area contributed by atoms with Crippen molar-refractivity contribution in [3.05, 3.63) is 83.5 Å². The first-order valence-electron chi connectivity index (χ1n) is 9.19. The monoisotopic (exact) mass is 376 g/mol. The standard InChI is InChI=1S/C21H20N4O3/c1-2-17-22-18(28-23-17)14-25-20(26)19(16-11-7-4-8-12-16)24(21(25)27)13-15-9-5-3-6-10-15/h3-12,19H,2,13-14H2,1H3/t19-/m0/s1. The average molecular weight is 376 g/mol. The number of urea groups is 1. The van der Waals surface area contributed by atoms with E-state index in [9.17, 15) is 9.59 Å². The Hall–Kier alpha value is -3.48. The van der Waals surface area contributed by atoms with Crippen LogP contribution in [-0.2, 0) is 24.3 Å². The summed E-state index contributed by atoms with van der Waals surface area (Å²) < 4.78 is 5.18. The summed E-state index contributed by atoms with van der Waals surface area (Å²) in [4.78, 5) is 33.3. The van der Waals surface area contributed by atoms with Gasteiger partial charge in [-0.25, -0.2) is 4.79 Å². The number of hydrogen-bond donors (Lipinski definition) is 0. The lowest BCUT2D eigenvalue weighted by Gasteiger charge is -2.22. The van der Waals surface area contributed by atoms with Gasteiger partial charge in [0.15, 0.2) is 5.82 Å². The molecule has 1 aliphatic rings. The molecular formula is C21H20N4O3. The molecule has 1 aromatic heterocycles. The molecule has 142 valence electrons. The number of benzene rings is 2. The van der Waals surface area contributed by atoms with Crippen LogP contribution in [0.1, 0.15) is 35.8 Å². The number of amides is 3. The van der Waals surface area contributed by atoms with Crippen molar-refractivity contribution in [2.75, 3.05) is 0 Å². The third-order valence-electron chi connectivity index (χ3n) is 4.72. The van der Waals surface area contributed by atoms with Gasteiger partial charge in [0.25, 0.3) is 5.91 Å². The van der Waals surface area contributed by atoms with Crippen molar-refractivity contribution in [2.24, 2.45) is 0 Å². The minimum Gasteiger partial charge on any atom is -0.337 e. The highest BCUT2D eigenvalue weighted by atomic mass is 16.5. The third-order valence-corrected chi connectivity index (χ3v) is 4.72. The molecule has 0 aliphatic carbocycles. The number of aryl methyl sites for hydroxylation is 1. The van der Waals surface area contributed by atoms with Crippen LogP contribution >= 0.6 is 0 Å². The zero-order valence-corrected chi connectivity index (χ0v) is 15.5. The van der Waals surface area contributed by atoms with Gasteiger partial charge in [-0.2, -0.15) is 4.98 Å². The molecule has 2 aromatic carbocycles. The van der Waals surface area contributed by atoms with Crippen molar-refractivity contribution in [3.8, 4) is 0 Å². The SMILES string of the molecule is CCc1noc(CN2C(=O)[C@H](c3ccccc3)N(Cc3ccccc3)C2=O)n1. The lowest BCUT2D eigenvalue weighted by atomic mass is 10.1. The van der Waals surface area contributed by atoms with Crippen LogP contribution < -0.4 is 0 Å². The van der Waals surface area contributed by atoms with Gasteiger partial charge in [-0.1, -0.05) is 72.7 Å².